The lowest BCUT2D eigenvalue weighted by Gasteiger charge is -2.11. The Morgan fingerprint density at radius 1 is 1.06 bits per heavy atom. The molecule has 0 saturated heterocycles. The van der Waals surface area contributed by atoms with E-state index in [1.807, 2.05) is 6.92 Å². The maximum absolute atomic E-state index is 13.7. The molecular formula is C23H16FN3O4S2. The lowest BCUT2D eigenvalue weighted by molar-refractivity contribution is 0.487. The number of ether oxygens (including phenoxy) is 1. The smallest absolute Gasteiger partial charge is 0.271 e. The zero-order valence-electron chi connectivity index (χ0n) is 17.2. The number of anilines is 1. The minimum Gasteiger partial charge on any atom is -0.457 e. The van der Waals surface area contributed by atoms with Crippen LogP contribution >= 0.6 is 11.3 Å². The highest BCUT2D eigenvalue weighted by Crippen LogP contribution is 2.33. The number of aromatic nitrogens is 2. The van der Waals surface area contributed by atoms with Gasteiger partial charge in [-0.25, -0.2) is 17.8 Å². The number of fused-ring (bicyclic) bond motifs is 1. The Labute approximate surface area is 192 Å². The van der Waals surface area contributed by atoms with Gasteiger partial charge in [-0.3, -0.25) is 9.71 Å². The summed E-state index contributed by atoms with van der Waals surface area (Å²) in [4.78, 5) is 8.89. The van der Waals surface area contributed by atoms with Crippen molar-refractivity contribution in [2.45, 2.75) is 11.1 Å². The molecular weight excluding hydrogens is 465 g/mol. The number of aryl methyl sites for hydroxylation is 1. The quantitative estimate of drug-likeness (QED) is 0.320. The van der Waals surface area contributed by atoms with Gasteiger partial charge in [-0.15, -0.1) is 11.3 Å². The van der Waals surface area contributed by atoms with Gasteiger partial charge in [0, 0.05) is 22.8 Å². The van der Waals surface area contributed by atoms with Gasteiger partial charge in [-0.2, -0.15) is 0 Å². The Kier molecular flexibility index (Phi) is 5.31. The second-order valence-electron chi connectivity index (χ2n) is 7.14. The van der Waals surface area contributed by atoms with E-state index in [0.717, 1.165) is 17.0 Å². The Balaban J connectivity index is 1.35. The van der Waals surface area contributed by atoms with Crippen LogP contribution in [0, 0.1) is 12.7 Å². The molecule has 5 rings (SSSR count). The molecule has 7 nitrogen and oxygen atoms in total. The topological polar surface area (TPSA) is 94.3 Å². The van der Waals surface area contributed by atoms with E-state index >= 15 is 0 Å². The average molecular weight is 482 g/mol. The molecule has 0 aliphatic carbocycles. The Morgan fingerprint density at radius 2 is 1.88 bits per heavy atom. The number of nitrogens with zero attached hydrogens (tertiary/aromatic N) is 2. The van der Waals surface area contributed by atoms with Crippen LogP contribution in [0.25, 0.3) is 21.5 Å². The van der Waals surface area contributed by atoms with Gasteiger partial charge in [0.25, 0.3) is 10.0 Å². The van der Waals surface area contributed by atoms with Gasteiger partial charge < -0.3 is 9.15 Å². The average Bonchev–Trinajstić information content (AvgIpc) is 3.48. The maximum atomic E-state index is 13.7. The molecule has 3 heterocycles. The molecule has 166 valence electrons. The van der Waals surface area contributed by atoms with E-state index in [2.05, 4.69) is 14.7 Å². The van der Waals surface area contributed by atoms with Gasteiger partial charge in [0.1, 0.15) is 21.5 Å². The van der Waals surface area contributed by atoms with Crippen LogP contribution in [-0.2, 0) is 10.0 Å². The lowest BCUT2D eigenvalue weighted by Crippen LogP contribution is -2.11. The summed E-state index contributed by atoms with van der Waals surface area (Å²) in [7, 11) is -3.78. The predicted molar refractivity (Wildman–Crippen MR) is 124 cm³/mol. The molecule has 0 saturated carbocycles. The molecule has 0 fully saturated rings. The van der Waals surface area contributed by atoms with Crippen molar-refractivity contribution in [3.05, 3.63) is 84.8 Å². The first-order valence-corrected chi connectivity index (χ1v) is 12.0. The Bertz CT molecular complexity index is 1550. The third-order valence-corrected chi connectivity index (χ3v) is 7.69. The third-order valence-electron chi connectivity index (χ3n) is 4.72. The summed E-state index contributed by atoms with van der Waals surface area (Å²) >= 11 is 1.08. The maximum Gasteiger partial charge on any atom is 0.271 e. The van der Waals surface area contributed by atoms with Crippen LogP contribution < -0.4 is 9.46 Å². The molecule has 0 aliphatic rings. The summed E-state index contributed by atoms with van der Waals surface area (Å²) in [6.07, 6.45) is 2.81. The molecule has 1 N–H and O–H groups in total. The first-order chi connectivity index (χ1) is 15.9. The minimum absolute atomic E-state index is 0.148. The van der Waals surface area contributed by atoms with Crippen LogP contribution in [0.15, 0.2) is 81.9 Å². The van der Waals surface area contributed by atoms with Crippen molar-refractivity contribution in [2.75, 3.05) is 4.72 Å². The van der Waals surface area contributed by atoms with Gasteiger partial charge in [0.15, 0.2) is 12.2 Å². The molecule has 0 atom stereocenters. The molecule has 0 aliphatic heterocycles. The number of sulfonamides is 1. The van der Waals surface area contributed by atoms with Crippen molar-refractivity contribution < 1.29 is 22.0 Å². The van der Waals surface area contributed by atoms with Crippen LogP contribution in [0.1, 0.15) is 5.69 Å². The Hall–Kier alpha value is -3.76. The highest BCUT2D eigenvalue weighted by atomic mass is 32.2. The summed E-state index contributed by atoms with van der Waals surface area (Å²) in [6, 6.07) is 15.7. The van der Waals surface area contributed by atoms with Crippen LogP contribution in [0.4, 0.5) is 10.1 Å². The highest BCUT2D eigenvalue weighted by Gasteiger charge is 2.18. The molecule has 0 radical (unpaired) electrons. The molecule has 3 aromatic heterocycles. The van der Waals surface area contributed by atoms with Crippen molar-refractivity contribution in [1.29, 1.82) is 0 Å². The summed E-state index contributed by atoms with van der Waals surface area (Å²) in [6.45, 7) is 1.83. The monoisotopic (exact) mass is 481 g/mol. The first kappa shape index (κ1) is 21.1. The molecule has 0 bridgehead atoms. The van der Waals surface area contributed by atoms with Crippen molar-refractivity contribution in [3.8, 4) is 22.1 Å². The van der Waals surface area contributed by atoms with Gasteiger partial charge in [-0.1, -0.05) is 0 Å². The highest BCUT2D eigenvalue weighted by molar-refractivity contribution is 7.94. The number of rotatable bonds is 6. The number of hydrogen-bond donors (Lipinski definition) is 1. The van der Waals surface area contributed by atoms with Crippen LogP contribution in [0.3, 0.4) is 0 Å². The summed E-state index contributed by atoms with van der Waals surface area (Å²) in [5, 5.41) is 0.547. The number of hydrogen-bond acceptors (Lipinski definition) is 7. The van der Waals surface area contributed by atoms with E-state index in [0.29, 0.717) is 38.7 Å². The lowest BCUT2D eigenvalue weighted by atomic mass is 10.2. The number of oxazole rings is 1. The van der Waals surface area contributed by atoms with Crippen LogP contribution in [-0.4, -0.2) is 18.4 Å². The Morgan fingerprint density at radius 3 is 2.64 bits per heavy atom. The van der Waals surface area contributed by atoms with Gasteiger partial charge in [0.2, 0.25) is 0 Å². The van der Waals surface area contributed by atoms with Gasteiger partial charge in [-0.05, 0) is 61.5 Å². The van der Waals surface area contributed by atoms with E-state index in [4.69, 9.17) is 9.15 Å². The van der Waals surface area contributed by atoms with Gasteiger partial charge >= 0.3 is 0 Å². The number of halogens is 1. The van der Waals surface area contributed by atoms with Crippen molar-refractivity contribution >= 4 is 38.0 Å². The zero-order valence-corrected chi connectivity index (χ0v) is 18.8. The second kappa shape index (κ2) is 8.30. The predicted octanol–water partition coefficient (Wildman–Crippen LogP) is 5.99. The third kappa shape index (κ3) is 4.43. The fourth-order valence-electron chi connectivity index (χ4n) is 3.24. The largest absolute Gasteiger partial charge is 0.457 e. The number of benzene rings is 2. The van der Waals surface area contributed by atoms with Crippen molar-refractivity contribution in [2.24, 2.45) is 0 Å². The van der Waals surface area contributed by atoms with Crippen molar-refractivity contribution in [1.82, 2.24) is 9.97 Å². The SMILES string of the molecule is Cc1cc(Oc2ccc(NS(=O)(=O)c3ccc(-c4cnco4)s3)cc2)c2cc(F)ccc2n1. The van der Waals surface area contributed by atoms with E-state index in [9.17, 15) is 12.8 Å². The fraction of sp³-hybridized carbons (Fsp3) is 0.0435. The molecule has 33 heavy (non-hydrogen) atoms. The molecule has 5 aromatic rings. The molecule has 0 amide bonds. The molecule has 0 spiro atoms. The number of thiophene rings is 1. The van der Waals surface area contributed by atoms with E-state index < -0.39 is 10.0 Å². The summed E-state index contributed by atoms with van der Waals surface area (Å²) in [5.74, 6) is 1.05. The standard InChI is InChI=1S/C23H16FN3O4S2/c1-14-10-20(18-11-15(24)2-7-19(18)26-14)31-17-5-3-16(4-6-17)27-33(28,29)23-9-8-22(32-23)21-12-25-13-30-21/h2-13,27H,1H3. The normalized spacial score (nSPS) is 11.6. The molecule has 0 unspecified atom stereocenters. The zero-order chi connectivity index (χ0) is 23.0. The number of pyridine rings is 1. The molecule has 2 aromatic carbocycles. The van der Waals surface area contributed by atoms with E-state index in [1.54, 1.807) is 42.5 Å². The summed E-state index contributed by atoms with van der Waals surface area (Å²) in [5.41, 5.74) is 1.73. The first-order valence-electron chi connectivity index (χ1n) is 9.74. The summed E-state index contributed by atoms with van der Waals surface area (Å²) < 4.78 is 53.1. The van der Waals surface area contributed by atoms with Crippen LogP contribution in [0.2, 0.25) is 0 Å². The van der Waals surface area contributed by atoms with Gasteiger partial charge in [0.05, 0.1) is 16.6 Å². The van der Waals surface area contributed by atoms with E-state index in [-0.39, 0.29) is 10.0 Å². The van der Waals surface area contributed by atoms with Crippen LogP contribution in [0.5, 0.6) is 11.5 Å². The fourth-order valence-corrected chi connectivity index (χ4v) is 5.55. The molecule has 10 heteroatoms. The number of nitrogens with one attached hydrogen (secondary N) is 1. The minimum atomic E-state index is -3.78. The van der Waals surface area contributed by atoms with E-state index in [1.165, 1.54) is 30.8 Å². The van der Waals surface area contributed by atoms with Crippen molar-refractivity contribution in [3.63, 3.8) is 0 Å². The second-order valence-corrected chi connectivity index (χ2v) is 10.1.